The number of rotatable bonds is 5. The topological polar surface area (TPSA) is 96.0 Å². The molecule has 7 atom stereocenters. The molecule has 0 spiro atoms. The van der Waals surface area contributed by atoms with Crippen LogP contribution in [0, 0.1) is 23.2 Å². The lowest BCUT2D eigenvalue weighted by molar-refractivity contribution is -0.179. The number of carbonyl (C=O) groups is 2. The largest absolute Gasteiger partial charge is 0.457 e. The van der Waals surface area contributed by atoms with Crippen molar-refractivity contribution in [2.75, 3.05) is 0 Å². The maximum absolute atomic E-state index is 12.4. The van der Waals surface area contributed by atoms with Gasteiger partial charge in [0.15, 0.2) is 6.10 Å². The van der Waals surface area contributed by atoms with Gasteiger partial charge in [0.05, 0.1) is 10.7 Å². The van der Waals surface area contributed by atoms with Crippen LogP contribution < -0.4 is 0 Å². The molecule has 3 fully saturated rings. The summed E-state index contributed by atoms with van der Waals surface area (Å²) >= 11 is 0. The number of hydrogen-bond acceptors (Lipinski definition) is 7. The molecule has 142 valence electrons. The van der Waals surface area contributed by atoms with E-state index in [4.69, 9.17) is 13.7 Å². The van der Waals surface area contributed by atoms with Gasteiger partial charge < -0.3 is 9.47 Å². The number of fused-ring (bicyclic) bond motifs is 1. The molecule has 1 heterocycles. The minimum atomic E-state index is -3.59. The predicted octanol–water partition coefficient (Wildman–Crippen LogP) is 1.65. The van der Waals surface area contributed by atoms with E-state index >= 15 is 0 Å². The van der Waals surface area contributed by atoms with Crippen molar-refractivity contribution < 1.29 is 31.7 Å². The van der Waals surface area contributed by atoms with Crippen LogP contribution in [0.3, 0.4) is 0 Å². The number of esters is 2. The van der Waals surface area contributed by atoms with Gasteiger partial charge in [0.1, 0.15) is 12.2 Å². The van der Waals surface area contributed by atoms with Crippen LogP contribution in [0.4, 0.5) is 0 Å². The summed E-state index contributed by atoms with van der Waals surface area (Å²) in [4.78, 5) is 24.5. The molecule has 2 saturated carbocycles. The van der Waals surface area contributed by atoms with Crippen LogP contribution >= 0.6 is 0 Å². The molecular formula is C17H26O7S. The Kier molecular flexibility index (Phi) is 4.43. The molecule has 0 aromatic rings. The van der Waals surface area contributed by atoms with Gasteiger partial charge in [-0.25, -0.2) is 4.79 Å². The fourth-order valence-corrected chi connectivity index (χ4v) is 6.37. The smallest absolute Gasteiger partial charge is 0.347 e. The highest BCUT2D eigenvalue weighted by atomic mass is 32.2. The van der Waals surface area contributed by atoms with E-state index in [0.29, 0.717) is 12.8 Å². The lowest BCUT2D eigenvalue weighted by Gasteiger charge is -2.30. The molecular weight excluding hydrogens is 348 g/mol. The van der Waals surface area contributed by atoms with Crippen molar-refractivity contribution in [3.63, 3.8) is 0 Å². The summed E-state index contributed by atoms with van der Waals surface area (Å²) in [5.74, 6) is -1.37. The Morgan fingerprint density at radius 3 is 2.52 bits per heavy atom. The lowest BCUT2D eigenvalue weighted by Crippen LogP contribution is -2.43. The highest BCUT2D eigenvalue weighted by Crippen LogP contribution is 2.58. The van der Waals surface area contributed by atoms with Crippen molar-refractivity contribution in [1.29, 1.82) is 0 Å². The van der Waals surface area contributed by atoms with Crippen LogP contribution in [0.2, 0.25) is 0 Å². The highest BCUT2D eigenvalue weighted by Gasteiger charge is 2.68. The maximum Gasteiger partial charge on any atom is 0.347 e. The summed E-state index contributed by atoms with van der Waals surface area (Å²) in [5, 5.41) is -0.488. The molecule has 0 amide bonds. The zero-order chi connectivity index (χ0) is 18.7. The van der Waals surface area contributed by atoms with Gasteiger partial charge in [-0.3, -0.25) is 8.98 Å². The van der Waals surface area contributed by atoms with Crippen LogP contribution in [-0.4, -0.2) is 43.9 Å². The van der Waals surface area contributed by atoms with E-state index in [1.165, 1.54) is 6.92 Å². The normalized spacial score (nSPS) is 39.2. The quantitative estimate of drug-likeness (QED) is 0.533. The zero-order valence-electron chi connectivity index (χ0n) is 15.2. The summed E-state index contributed by atoms with van der Waals surface area (Å²) < 4.78 is 40.2. The molecule has 0 aromatic heterocycles. The van der Waals surface area contributed by atoms with Crippen molar-refractivity contribution in [3.8, 4) is 0 Å². The second-order valence-electron chi connectivity index (χ2n) is 8.13. The maximum atomic E-state index is 12.4. The van der Waals surface area contributed by atoms with Crippen molar-refractivity contribution >= 4 is 22.1 Å². The fourth-order valence-electron chi connectivity index (χ4n) is 4.26. The number of hydrogen-bond donors (Lipinski definition) is 0. The predicted molar refractivity (Wildman–Crippen MR) is 87.8 cm³/mol. The third-order valence-electron chi connectivity index (χ3n) is 6.21. The molecule has 3 rings (SSSR count). The Morgan fingerprint density at radius 1 is 1.28 bits per heavy atom. The fraction of sp³-hybridized carbons (Fsp3) is 0.882. The number of ether oxygens (including phenoxy) is 2. The molecule has 25 heavy (non-hydrogen) atoms. The van der Waals surface area contributed by atoms with E-state index in [1.54, 1.807) is 13.8 Å². The van der Waals surface area contributed by atoms with Crippen molar-refractivity contribution in [1.82, 2.24) is 0 Å². The summed E-state index contributed by atoms with van der Waals surface area (Å²) in [6.07, 6.45) is -0.963. The summed E-state index contributed by atoms with van der Waals surface area (Å²) in [5.41, 5.74) is -0.675. The van der Waals surface area contributed by atoms with Gasteiger partial charge in [-0.15, -0.1) is 0 Å². The SMILES string of the molecule is CCC(C)(C)C(=O)OC(C)C(=O)OC1C2CC3C1OS(=O)(=O)C3C2C. The van der Waals surface area contributed by atoms with Gasteiger partial charge in [0.25, 0.3) is 10.1 Å². The highest BCUT2D eigenvalue weighted by molar-refractivity contribution is 7.87. The number of carbonyl (C=O) groups excluding carboxylic acids is 2. The Balaban J connectivity index is 1.66. The van der Waals surface area contributed by atoms with Crippen molar-refractivity contribution in [2.45, 2.75) is 71.0 Å². The van der Waals surface area contributed by atoms with Crippen LogP contribution in [0.15, 0.2) is 0 Å². The standard InChI is InChI=1S/C17H26O7S/c1-6-17(4,5)16(19)22-9(3)15(18)23-12-10-7-11-13(12)24-25(20,21)14(11)8(10)2/h8-14H,6-7H2,1-5H3. The van der Waals surface area contributed by atoms with Gasteiger partial charge in [-0.05, 0) is 39.5 Å². The van der Waals surface area contributed by atoms with E-state index in [0.717, 1.165) is 0 Å². The van der Waals surface area contributed by atoms with E-state index < -0.39 is 51.0 Å². The first kappa shape index (κ1) is 18.6. The van der Waals surface area contributed by atoms with E-state index in [2.05, 4.69) is 0 Å². The molecule has 2 bridgehead atoms. The summed E-state index contributed by atoms with van der Waals surface area (Å²) in [6, 6.07) is 0. The average molecular weight is 374 g/mol. The van der Waals surface area contributed by atoms with Gasteiger partial charge in [-0.2, -0.15) is 8.42 Å². The minimum absolute atomic E-state index is 0.0313. The first-order valence-corrected chi connectivity index (χ1v) is 10.3. The van der Waals surface area contributed by atoms with E-state index in [1.807, 2.05) is 13.8 Å². The van der Waals surface area contributed by atoms with Crippen LogP contribution in [-0.2, 0) is 33.4 Å². The monoisotopic (exact) mass is 374 g/mol. The zero-order valence-corrected chi connectivity index (χ0v) is 16.0. The Hall–Kier alpha value is -1.15. The van der Waals surface area contributed by atoms with Crippen molar-refractivity contribution in [2.24, 2.45) is 23.2 Å². The van der Waals surface area contributed by atoms with Gasteiger partial charge in [0, 0.05) is 11.8 Å². The third kappa shape index (κ3) is 2.87. The third-order valence-corrected chi connectivity index (χ3v) is 8.15. The first-order chi connectivity index (χ1) is 11.5. The molecule has 0 aromatic carbocycles. The second-order valence-corrected chi connectivity index (χ2v) is 9.85. The lowest BCUT2D eigenvalue weighted by atomic mass is 9.86. The molecule has 0 radical (unpaired) electrons. The van der Waals surface area contributed by atoms with E-state index in [-0.39, 0.29) is 17.8 Å². The molecule has 8 heteroatoms. The van der Waals surface area contributed by atoms with Gasteiger partial charge in [-0.1, -0.05) is 13.8 Å². The van der Waals surface area contributed by atoms with Gasteiger partial charge >= 0.3 is 11.9 Å². The first-order valence-electron chi connectivity index (χ1n) is 8.83. The molecule has 7 nitrogen and oxygen atoms in total. The van der Waals surface area contributed by atoms with Crippen LogP contribution in [0.1, 0.15) is 47.5 Å². The molecule has 1 saturated heterocycles. The Labute approximate surface area is 148 Å². The molecule has 1 aliphatic heterocycles. The molecule has 3 aliphatic rings. The molecule has 2 aliphatic carbocycles. The van der Waals surface area contributed by atoms with Crippen LogP contribution in [0.25, 0.3) is 0 Å². The average Bonchev–Trinajstić information content (AvgIpc) is 3.09. The van der Waals surface area contributed by atoms with Gasteiger partial charge in [0.2, 0.25) is 0 Å². The van der Waals surface area contributed by atoms with Crippen LogP contribution in [0.5, 0.6) is 0 Å². The Bertz CT molecular complexity index is 683. The van der Waals surface area contributed by atoms with Crippen molar-refractivity contribution in [3.05, 3.63) is 0 Å². The summed E-state index contributed by atoms with van der Waals surface area (Å²) in [7, 11) is -3.59. The molecule has 0 N–H and O–H groups in total. The van der Waals surface area contributed by atoms with E-state index in [9.17, 15) is 18.0 Å². The summed E-state index contributed by atoms with van der Waals surface area (Å²) in [6.45, 7) is 8.71. The second kappa shape index (κ2) is 5.94. The minimum Gasteiger partial charge on any atom is -0.457 e. The Morgan fingerprint density at radius 2 is 1.92 bits per heavy atom. The molecule has 7 unspecified atom stereocenters.